The number of aliphatic hydroxyl groups excluding tert-OH is 1. The number of nitrogens with zero attached hydrogens (tertiary/aromatic N) is 1. The molecule has 2 atom stereocenters. The van der Waals surface area contributed by atoms with Gasteiger partial charge in [-0.2, -0.15) is 0 Å². The van der Waals surface area contributed by atoms with Gasteiger partial charge in [0.1, 0.15) is 0 Å². The Morgan fingerprint density at radius 1 is 0.920 bits per heavy atom. The first-order valence-electron chi connectivity index (χ1n) is 8.22. The van der Waals surface area contributed by atoms with Crippen LogP contribution in [0.25, 0.3) is 10.8 Å². The lowest BCUT2D eigenvalue weighted by atomic mass is 9.87. The van der Waals surface area contributed by atoms with Gasteiger partial charge in [-0.25, -0.2) is 4.79 Å². The number of hydrogen-bond donors (Lipinski definition) is 2. The first-order valence-corrected chi connectivity index (χ1v) is 8.22. The van der Waals surface area contributed by atoms with Gasteiger partial charge < -0.3 is 15.1 Å². The maximum Gasteiger partial charge on any atom is 0.407 e. The molecule has 128 valence electrons. The predicted octanol–water partition coefficient (Wildman–Crippen LogP) is 4.27. The van der Waals surface area contributed by atoms with Gasteiger partial charge in [-0.05, 0) is 21.9 Å². The van der Waals surface area contributed by atoms with Crippen LogP contribution in [0.2, 0.25) is 0 Å². The fraction of sp³-hybridized carbons (Fsp3) is 0.190. The molecule has 0 aliphatic carbocycles. The molecule has 4 heteroatoms. The zero-order chi connectivity index (χ0) is 17.8. The molecular weight excluding hydrogens is 314 g/mol. The molecule has 1 amide bonds. The van der Waals surface area contributed by atoms with Gasteiger partial charge in [0, 0.05) is 19.5 Å². The number of fused-ring (bicyclic) bond motifs is 1. The molecule has 0 heterocycles. The van der Waals surface area contributed by atoms with Crippen molar-refractivity contribution >= 4 is 16.9 Å². The summed E-state index contributed by atoms with van der Waals surface area (Å²) in [4.78, 5) is 12.5. The maximum atomic E-state index is 11.3. The second-order valence-electron chi connectivity index (χ2n) is 6.23. The van der Waals surface area contributed by atoms with Crippen molar-refractivity contribution in [3.63, 3.8) is 0 Å². The van der Waals surface area contributed by atoms with Gasteiger partial charge in [0.2, 0.25) is 0 Å². The molecule has 25 heavy (non-hydrogen) atoms. The molecule has 4 nitrogen and oxygen atoms in total. The normalized spacial score (nSPS) is 13.4. The standard InChI is InChI=1S/C21H21NO3/c1-22(21(24)25)14-19(20(23)16-8-3-2-4-9-16)18-12-11-15-7-5-6-10-17(15)13-18/h2-13,19-20,23H,14H2,1H3,(H,24,25)/t19-,20-/m1/s1. The number of likely N-dealkylation sites (N-methyl/N-ethyl adjacent to an activating group) is 1. The van der Waals surface area contributed by atoms with Crippen molar-refractivity contribution in [2.45, 2.75) is 12.0 Å². The number of aliphatic hydroxyl groups is 1. The maximum absolute atomic E-state index is 11.3. The topological polar surface area (TPSA) is 60.8 Å². The Labute approximate surface area is 147 Å². The highest BCUT2D eigenvalue weighted by atomic mass is 16.4. The van der Waals surface area contributed by atoms with Crippen molar-refractivity contribution in [3.8, 4) is 0 Å². The molecule has 0 unspecified atom stereocenters. The Morgan fingerprint density at radius 2 is 1.56 bits per heavy atom. The van der Waals surface area contributed by atoms with E-state index in [9.17, 15) is 15.0 Å². The highest BCUT2D eigenvalue weighted by Crippen LogP contribution is 2.33. The van der Waals surface area contributed by atoms with Crippen molar-refractivity contribution in [1.82, 2.24) is 4.90 Å². The smallest absolute Gasteiger partial charge is 0.407 e. The van der Waals surface area contributed by atoms with Crippen molar-refractivity contribution in [1.29, 1.82) is 0 Å². The first-order chi connectivity index (χ1) is 12.1. The zero-order valence-corrected chi connectivity index (χ0v) is 14.0. The van der Waals surface area contributed by atoms with E-state index in [1.54, 1.807) is 0 Å². The number of carbonyl (C=O) groups is 1. The van der Waals surface area contributed by atoms with E-state index in [0.29, 0.717) is 0 Å². The third-order valence-corrected chi connectivity index (χ3v) is 4.52. The van der Waals surface area contributed by atoms with Crippen LogP contribution in [-0.4, -0.2) is 34.8 Å². The molecule has 3 rings (SSSR count). The minimum atomic E-state index is -1.01. The Hall–Kier alpha value is -2.85. The summed E-state index contributed by atoms with van der Waals surface area (Å²) in [6.07, 6.45) is -1.80. The second kappa shape index (κ2) is 7.36. The molecule has 0 radical (unpaired) electrons. The summed E-state index contributed by atoms with van der Waals surface area (Å²) in [6.45, 7) is 0.212. The van der Waals surface area contributed by atoms with E-state index in [-0.39, 0.29) is 12.5 Å². The summed E-state index contributed by atoms with van der Waals surface area (Å²) in [5.41, 5.74) is 1.70. The van der Waals surface area contributed by atoms with E-state index in [2.05, 4.69) is 0 Å². The SMILES string of the molecule is CN(C[C@H](c1ccc2ccccc2c1)[C@H](O)c1ccccc1)C(=O)O. The lowest BCUT2D eigenvalue weighted by Crippen LogP contribution is -2.32. The monoisotopic (exact) mass is 335 g/mol. The number of benzene rings is 3. The lowest BCUT2D eigenvalue weighted by Gasteiger charge is -2.27. The van der Waals surface area contributed by atoms with Crippen LogP contribution >= 0.6 is 0 Å². The summed E-state index contributed by atoms with van der Waals surface area (Å²) >= 11 is 0. The Bertz CT molecular complexity index is 863. The Balaban J connectivity index is 2.00. The third kappa shape index (κ3) is 3.80. The van der Waals surface area contributed by atoms with Gasteiger partial charge in [0.05, 0.1) is 6.10 Å². The van der Waals surface area contributed by atoms with Crippen molar-refractivity contribution in [3.05, 3.63) is 83.9 Å². The van der Waals surface area contributed by atoms with Crippen molar-refractivity contribution in [2.24, 2.45) is 0 Å². The molecule has 0 spiro atoms. The summed E-state index contributed by atoms with van der Waals surface area (Å²) < 4.78 is 0. The predicted molar refractivity (Wildman–Crippen MR) is 98.7 cm³/mol. The zero-order valence-electron chi connectivity index (χ0n) is 14.0. The number of rotatable bonds is 5. The molecule has 0 saturated carbocycles. The van der Waals surface area contributed by atoms with Gasteiger partial charge in [-0.15, -0.1) is 0 Å². The fourth-order valence-electron chi connectivity index (χ4n) is 3.08. The van der Waals surface area contributed by atoms with Crippen LogP contribution in [0.3, 0.4) is 0 Å². The molecule has 2 N–H and O–H groups in total. The molecule has 3 aromatic carbocycles. The van der Waals surface area contributed by atoms with E-state index >= 15 is 0 Å². The van der Waals surface area contributed by atoms with E-state index in [4.69, 9.17) is 0 Å². The van der Waals surface area contributed by atoms with Crippen LogP contribution in [0.1, 0.15) is 23.1 Å². The quantitative estimate of drug-likeness (QED) is 0.732. The largest absolute Gasteiger partial charge is 0.465 e. The molecule has 0 bridgehead atoms. The van der Waals surface area contributed by atoms with Gasteiger partial charge in [0.15, 0.2) is 0 Å². The van der Waals surface area contributed by atoms with Gasteiger partial charge in [-0.3, -0.25) is 0 Å². The molecule has 0 aliphatic rings. The highest BCUT2D eigenvalue weighted by Gasteiger charge is 2.26. The van der Waals surface area contributed by atoms with Crippen LogP contribution in [0, 0.1) is 0 Å². The average Bonchev–Trinajstić information content (AvgIpc) is 2.65. The second-order valence-corrected chi connectivity index (χ2v) is 6.23. The van der Waals surface area contributed by atoms with E-state index in [1.165, 1.54) is 11.9 Å². The number of hydrogen-bond acceptors (Lipinski definition) is 2. The summed E-state index contributed by atoms with van der Waals surface area (Å²) in [7, 11) is 1.52. The van der Waals surface area contributed by atoms with Gasteiger partial charge in [-0.1, -0.05) is 72.8 Å². The van der Waals surface area contributed by atoms with Crippen molar-refractivity contribution in [2.75, 3.05) is 13.6 Å². The van der Waals surface area contributed by atoms with Crippen molar-refractivity contribution < 1.29 is 15.0 Å². The van der Waals surface area contributed by atoms with Crippen LogP contribution in [0.4, 0.5) is 4.79 Å². The Kier molecular flexibility index (Phi) is 5.00. The van der Waals surface area contributed by atoms with Crippen LogP contribution in [-0.2, 0) is 0 Å². The van der Waals surface area contributed by atoms with Gasteiger partial charge in [0.25, 0.3) is 0 Å². The van der Waals surface area contributed by atoms with Crippen LogP contribution in [0.15, 0.2) is 72.8 Å². The molecule has 0 aromatic heterocycles. The fourth-order valence-corrected chi connectivity index (χ4v) is 3.08. The van der Waals surface area contributed by atoms with E-state index in [1.807, 2.05) is 72.8 Å². The molecule has 0 aliphatic heterocycles. The molecular formula is C21H21NO3. The van der Waals surface area contributed by atoms with E-state index in [0.717, 1.165) is 21.9 Å². The minimum Gasteiger partial charge on any atom is -0.465 e. The minimum absolute atomic E-state index is 0.212. The summed E-state index contributed by atoms with van der Waals surface area (Å²) in [6, 6.07) is 23.4. The molecule has 3 aromatic rings. The molecule has 0 saturated heterocycles. The lowest BCUT2D eigenvalue weighted by molar-refractivity contribution is 0.113. The van der Waals surface area contributed by atoms with E-state index < -0.39 is 12.2 Å². The third-order valence-electron chi connectivity index (χ3n) is 4.52. The van der Waals surface area contributed by atoms with Crippen LogP contribution in [0.5, 0.6) is 0 Å². The average molecular weight is 335 g/mol. The summed E-state index contributed by atoms with van der Waals surface area (Å²) in [5, 5.41) is 22.4. The van der Waals surface area contributed by atoms with Gasteiger partial charge >= 0.3 is 6.09 Å². The van der Waals surface area contributed by atoms with Crippen LogP contribution < -0.4 is 0 Å². The summed E-state index contributed by atoms with van der Waals surface area (Å²) in [5.74, 6) is -0.354. The first kappa shape index (κ1) is 17.0. The highest BCUT2D eigenvalue weighted by molar-refractivity contribution is 5.83. The number of carboxylic acid groups (broad SMARTS) is 1. The number of amides is 1. The Morgan fingerprint density at radius 3 is 2.24 bits per heavy atom. The molecule has 0 fully saturated rings.